The van der Waals surface area contributed by atoms with E-state index in [-0.39, 0.29) is 11.9 Å². The summed E-state index contributed by atoms with van der Waals surface area (Å²) in [6, 6.07) is 7.70. The second kappa shape index (κ2) is 5.95. The number of methoxy groups -OCH3 is 1. The quantitative estimate of drug-likeness (QED) is 0.778. The summed E-state index contributed by atoms with van der Waals surface area (Å²) in [6.45, 7) is 0. The zero-order chi connectivity index (χ0) is 17.6. The number of carbonyl (C=O) groups is 1. The summed E-state index contributed by atoms with van der Waals surface area (Å²) in [6.07, 6.45) is 5.95. The van der Waals surface area contributed by atoms with Crippen molar-refractivity contribution in [2.24, 2.45) is 20.0 Å². The molecule has 6 heteroatoms. The normalized spacial score (nSPS) is 15.3. The van der Waals surface area contributed by atoms with Crippen LogP contribution in [0.3, 0.4) is 0 Å². The number of hydrogen-bond donors (Lipinski definition) is 1. The third-order valence-corrected chi connectivity index (χ3v) is 5.00. The lowest BCUT2D eigenvalue weighted by Gasteiger charge is -2.18. The topological polar surface area (TPSA) is 61.1 Å². The van der Waals surface area contributed by atoms with Gasteiger partial charge in [-0.2, -0.15) is 0 Å². The molecule has 1 unspecified atom stereocenters. The largest absolute Gasteiger partial charge is 0.497 e. The van der Waals surface area contributed by atoms with E-state index in [1.54, 1.807) is 13.3 Å². The van der Waals surface area contributed by atoms with Gasteiger partial charge < -0.3 is 19.2 Å². The number of carbonyl (C=O) groups excluding carboxylic acids is 1. The number of aromatic nitrogens is 3. The van der Waals surface area contributed by atoms with Crippen molar-refractivity contribution in [3.8, 4) is 5.75 Å². The Bertz CT molecular complexity index is 936. The van der Waals surface area contributed by atoms with Gasteiger partial charge in [0.25, 0.3) is 5.91 Å². The van der Waals surface area contributed by atoms with E-state index >= 15 is 0 Å². The molecule has 3 aromatic rings. The van der Waals surface area contributed by atoms with Gasteiger partial charge in [-0.15, -0.1) is 0 Å². The van der Waals surface area contributed by atoms with Gasteiger partial charge in [-0.05, 0) is 43.0 Å². The van der Waals surface area contributed by atoms with E-state index in [1.165, 1.54) is 0 Å². The molecule has 1 aromatic carbocycles. The van der Waals surface area contributed by atoms with E-state index in [0.29, 0.717) is 11.6 Å². The van der Waals surface area contributed by atoms with Gasteiger partial charge in [0.1, 0.15) is 17.3 Å². The van der Waals surface area contributed by atoms with Crippen LogP contribution in [0.25, 0.3) is 10.9 Å². The second-order valence-electron chi connectivity index (χ2n) is 6.70. The fraction of sp³-hybridized carbons (Fsp3) is 0.368. The van der Waals surface area contributed by atoms with Gasteiger partial charge in [-0.3, -0.25) is 4.79 Å². The Hall–Kier alpha value is -2.76. The number of rotatable bonds is 5. The van der Waals surface area contributed by atoms with Crippen molar-refractivity contribution in [1.82, 2.24) is 19.4 Å². The lowest BCUT2D eigenvalue weighted by Crippen LogP contribution is -2.32. The molecule has 6 nitrogen and oxygen atoms in total. The van der Waals surface area contributed by atoms with Crippen molar-refractivity contribution in [3.63, 3.8) is 0 Å². The maximum Gasteiger partial charge on any atom is 0.268 e. The number of fused-ring (bicyclic) bond motifs is 1. The van der Waals surface area contributed by atoms with E-state index in [4.69, 9.17) is 4.74 Å². The minimum atomic E-state index is -0.0717. The Morgan fingerprint density at radius 2 is 2.12 bits per heavy atom. The molecule has 1 amide bonds. The predicted octanol–water partition coefficient (Wildman–Crippen LogP) is 2.80. The molecule has 1 fully saturated rings. The monoisotopic (exact) mass is 338 g/mol. The van der Waals surface area contributed by atoms with Crippen LogP contribution in [-0.4, -0.2) is 27.1 Å². The summed E-state index contributed by atoms with van der Waals surface area (Å²) >= 11 is 0. The Morgan fingerprint density at radius 1 is 1.32 bits per heavy atom. The predicted molar refractivity (Wildman–Crippen MR) is 95.6 cm³/mol. The Labute approximate surface area is 146 Å². The number of benzene rings is 1. The van der Waals surface area contributed by atoms with Crippen molar-refractivity contribution < 1.29 is 9.53 Å². The molecule has 1 atom stereocenters. The third kappa shape index (κ3) is 2.77. The number of aryl methyl sites for hydroxylation is 2. The molecule has 1 aliphatic rings. The van der Waals surface area contributed by atoms with Crippen LogP contribution in [0.15, 0.2) is 36.7 Å². The minimum Gasteiger partial charge on any atom is -0.497 e. The molecule has 2 aromatic heterocycles. The molecule has 0 bridgehead atoms. The van der Waals surface area contributed by atoms with Crippen molar-refractivity contribution >= 4 is 16.8 Å². The van der Waals surface area contributed by atoms with E-state index in [0.717, 1.165) is 35.3 Å². The van der Waals surface area contributed by atoms with Gasteiger partial charge in [0.15, 0.2) is 0 Å². The fourth-order valence-electron chi connectivity index (χ4n) is 3.39. The highest BCUT2D eigenvalue weighted by Crippen LogP contribution is 2.40. The number of hydrogen-bond acceptors (Lipinski definition) is 3. The number of nitrogens with zero attached hydrogens (tertiary/aromatic N) is 3. The Morgan fingerprint density at radius 3 is 2.76 bits per heavy atom. The average molecular weight is 338 g/mol. The van der Waals surface area contributed by atoms with Gasteiger partial charge in [0, 0.05) is 37.4 Å². The van der Waals surface area contributed by atoms with Crippen LogP contribution in [0.4, 0.5) is 0 Å². The first-order valence-corrected chi connectivity index (χ1v) is 8.50. The van der Waals surface area contributed by atoms with Crippen molar-refractivity contribution in [2.75, 3.05) is 7.11 Å². The van der Waals surface area contributed by atoms with Crippen LogP contribution < -0.4 is 10.1 Å². The zero-order valence-electron chi connectivity index (χ0n) is 14.7. The van der Waals surface area contributed by atoms with E-state index in [2.05, 4.69) is 10.3 Å². The summed E-state index contributed by atoms with van der Waals surface area (Å²) in [5.41, 5.74) is 1.65. The number of amides is 1. The first kappa shape index (κ1) is 15.7. The van der Waals surface area contributed by atoms with Crippen LogP contribution in [0.2, 0.25) is 0 Å². The van der Waals surface area contributed by atoms with Crippen LogP contribution in [-0.2, 0) is 14.1 Å². The lowest BCUT2D eigenvalue weighted by molar-refractivity contribution is 0.0921. The van der Waals surface area contributed by atoms with Crippen molar-refractivity contribution in [2.45, 2.75) is 18.9 Å². The number of nitrogens with one attached hydrogen (secondary N) is 1. The summed E-state index contributed by atoms with van der Waals surface area (Å²) in [5, 5.41) is 4.19. The highest BCUT2D eigenvalue weighted by Gasteiger charge is 2.36. The SMILES string of the molecule is COc1ccc2c(c1)cc(C(=O)NC(c1nccn1C)C1CC1)n2C. The van der Waals surface area contributed by atoms with Gasteiger partial charge >= 0.3 is 0 Å². The highest BCUT2D eigenvalue weighted by molar-refractivity contribution is 5.99. The molecule has 0 spiro atoms. The van der Waals surface area contributed by atoms with Crippen LogP contribution in [0.5, 0.6) is 5.75 Å². The maximum atomic E-state index is 12.9. The van der Waals surface area contributed by atoms with Crippen LogP contribution >= 0.6 is 0 Å². The summed E-state index contributed by atoms with van der Waals surface area (Å²) in [5.74, 6) is 2.10. The van der Waals surface area contributed by atoms with Crippen molar-refractivity contribution in [1.29, 1.82) is 0 Å². The molecule has 4 rings (SSSR count). The summed E-state index contributed by atoms with van der Waals surface area (Å²) < 4.78 is 9.18. The molecule has 25 heavy (non-hydrogen) atoms. The smallest absolute Gasteiger partial charge is 0.268 e. The lowest BCUT2D eigenvalue weighted by atomic mass is 10.1. The highest BCUT2D eigenvalue weighted by atomic mass is 16.5. The van der Waals surface area contributed by atoms with Crippen molar-refractivity contribution in [3.05, 3.63) is 48.2 Å². The van der Waals surface area contributed by atoms with Gasteiger partial charge in [-0.25, -0.2) is 4.98 Å². The number of ether oxygens (including phenoxy) is 1. The molecule has 1 saturated carbocycles. The Kier molecular flexibility index (Phi) is 3.75. The van der Waals surface area contributed by atoms with E-state index < -0.39 is 0 Å². The van der Waals surface area contributed by atoms with Gasteiger partial charge in [0.05, 0.1) is 13.2 Å². The minimum absolute atomic E-state index is 0.0416. The first-order chi connectivity index (χ1) is 12.1. The maximum absolute atomic E-state index is 12.9. The second-order valence-corrected chi connectivity index (χ2v) is 6.70. The van der Waals surface area contributed by atoms with Gasteiger partial charge in [0.2, 0.25) is 0 Å². The standard InChI is InChI=1S/C19H22N4O2/c1-22-9-8-20-18(22)17(12-4-5-12)21-19(24)16-11-13-10-14(25-3)6-7-15(13)23(16)2/h6-12,17H,4-5H2,1-3H3,(H,21,24). The number of imidazole rings is 1. The molecule has 1 N–H and O–H groups in total. The molecule has 1 aliphatic carbocycles. The molecule has 130 valence electrons. The van der Waals surface area contributed by atoms with E-state index in [1.807, 2.05) is 53.7 Å². The summed E-state index contributed by atoms with van der Waals surface area (Å²) in [4.78, 5) is 17.4. The fourth-order valence-corrected chi connectivity index (χ4v) is 3.39. The van der Waals surface area contributed by atoms with Gasteiger partial charge in [-0.1, -0.05) is 0 Å². The molecule has 0 radical (unpaired) electrons. The summed E-state index contributed by atoms with van der Waals surface area (Å²) in [7, 11) is 5.52. The third-order valence-electron chi connectivity index (χ3n) is 5.00. The first-order valence-electron chi connectivity index (χ1n) is 8.50. The Balaban J connectivity index is 1.65. The zero-order valence-corrected chi connectivity index (χ0v) is 14.7. The molecule has 2 heterocycles. The molecule has 0 aliphatic heterocycles. The van der Waals surface area contributed by atoms with Crippen LogP contribution in [0, 0.1) is 5.92 Å². The molecular weight excluding hydrogens is 316 g/mol. The van der Waals surface area contributed by atoms with E-state index in [9.17, 15) is 4.79 Å². The molecular formula is C19H22N4O2. The molecule has 0 saturated heterocycles. The average Bonchev–Trinajstić information content (AvgIpc) is 3.29. The van der Waals surface area contributed by atoms with Crippen LogP contribution in [0.1, 0.15) is 35.2 Å².